The summed E-state index contributed by atoms with van der Waals surface area (Å²) in [5.41, 5.74) is 5.11. The molecule has 0 saturated carbocycles. The molecule has 1 aliphatic rings. The van der Waals surface area contributed by atoms with Gasteiger partial charge in [0.1, 0.15) is 6.04 Å². The van der Waals surface area contributed by atoms with Crippen molar-refractivity contribution < 1.29 is 22.8 Å². The Balaban J connectivity index is 2.91. The molecule has 8 nitrogen and oxygen atoms in total. The van der Waals surface area contributed by atoms with Crippen molar-refractivity contribution in [3.8, 4) is 0 Å². The van der Waals surface area contributed by atoms with Crippen LogP contribution in [0, 0.1) is 12.3 Å². The second kappa shape index (κ2) is 7.68. The molecule has 0 aromatic rings. The quantitative estimate of drug-likeness (QED) is 0.630. The lowest BCUT2D eigenvalue weighted by Gasteiger charge is -2.28. The summed E-state index contributed by atoms with van der Waals surface area (Å²) in [6, 6.07) is -1.00. The third-order valence-corrected chi connectivity index (χ3v) is 4.64. The molecule has 125 valence electrons. The lowest BCUT2D eigenvalue weighted by atomic mass is 10.0. The van der Waals surface area contributed by atoms with E-state index in [1.165, 1.54) is 6.92 Å². The smallest absolute Gasteiger partial charge is 0.240 e. The van der Waals surface area contributed by atoms with Crippen molar-refractivity contribution in [3.63, 3.8) is 0 Å². The number of rotatable bonds is 6. The van der Waals surface area contributed by atoms with Crippen LogP contribution in [0.1, 0.15) is 26.2 Å². The monoisotopic (exact) mass is 332 g/mol. The van der Waals surface area contributed by atoms with Gasteiger partial charge in [-0.3, -0.25) is 14.4 Å². The van der Waals surface area contributed by atoms with Gasteiger partial charge < -0.3 is 11.1 Å². The molecule has 9 heteroatoms. The van der Waals surface area contributed by atoms with E-state index in [0.717, 1.165) is 12.7 Å². The normalized spacial score (nSPS) is 21.0. The van der Waals surface area contributed by atoms with Crippen LogP contribution in [0.5, 0.6) is 0 Å². The Morgan fingerprint density at radius 1 is 1.50 bits per heavy atom. The molecule has 0 spiro atoms. The highest BCUT2D eigenvalue weighted by atomic mass is 32.2. The molecule has 1 saturated heterocycles. The number of nitrogens with one attached hydrogen (secondary N) is 1. The van der Waals surface area contributed by atoms with Gasteiger partial charge in [0.15, 0.2) is 5.78 Å². The van der Waals surface area contributed by atoms with Crippen LogP contribution in [0.3, 0.4) is 0 Å². The van der Waals surface area contributed by atoms with Crippen molar-refractivity contribution in [3.05, 3.63) is 6.42 Å². The highest BCUT2D eigenvalue weighted by Crippen LogP contribution is 2.17. The predicted octanol–water partition coefficient (Wildman–Crippen LogP) is -1.19. The number of Topliss-reactive ketones (excluding diaryl/α,β-unsaturated/α-hetero) is 1. The maximum absolute atomic E-state index is 12.2. The average Bonchev–Trinajstić information content (AvgIpc) is 2.60. The molecule has 0 bridgehead atoms. The number of hydrogen-bond acceptors (Lipinski definition) is 6. The highest BCUT2D eigenvalue weighted by molar-refractivity contribution is 7.89. The van der Waals surface area contributed by atoms with Crippen LogP contribution in [-0.2, 0) is 24.4 Å². The zero-order valence-corrected chi connectivity index (χ0v) is 13.6. The van der Waals surface area contributed by atoms with E-state index in [-0.39, 0.29) is 25.2 Å². The minimum absolute atomic E-state index is 0.0271. The van der Waals surface area contributed by atoms with Gasteiger partial charge in [-0.15, -0.1) is 0 Å². The van der Waals surface area contributed by atoms with Crippen LogP contribution in [-0.4, -0.2) is 55.7 Å². The van der Waals surface area contributed by atoms with Crippen molar-refractivity contribution >= 4 is 27.6 Å². The standard InChI is InChI=1S/C13H22N3O5S/c1-9(13(14)19)5-6-12(18)16(22(2,20)21)10-4-3-7-15-8-11(10)17/h6,9-10,15H,3-5,7-8H2,1-2H3,(H2,14,19)/t9?,10-/m0/s1. The van der Waals surface area contributed by atoms with Crippen molar-refractivity contribution in [2.45, 2.75) is 32.2 Å². The second-order valence-electron chi connectivity index (χ2n) is 5.44. The van der Waals surface area contributed by atoms with Gasteiger partial charge in [-0.2, -0.15) is 0 Å². The van der Waals surface area contributed by atoms with E-state index in [9.17, 15) is 22.8 Å². The first-order chi connectivity index (χ1) is 10.1. The zero-order valence-electron chi connectivity index (χ0n) is 12.7. The summed E-state index contributed by atoms with van der Waals surface area (Å²) in [4.78, 5) is 35.3. The van der Waals surface area contributed by atoms with E-state index in [2.05, 4.69) is 5.32 Å². The van der Waals surface area contributed by atoms with E-state index in [1.54, 1.807) is 0 Å². The number of sulfonamides is 1. The number of carbonyl (C=O) groups excluding carboxylic acids is 3. The van der Waals surface area contributed by atoms with Crippen molar-refractivity contribution in [2.24, 2.45) is 11.7 Å². The summed E-state index contributed by atoms with van der Waals surface area (Å²) in [6.07, 6.45) is 2.89. The lowest BCUT2D eigenvalue weighted by Crippen LogP contribution is -2.49. The van der Waals surface area contributed by atoms with Crippen LogP contribution in [0.4, 0.5) is 0 Å². The molecule has 2 atom stereocenters. The minimum Gasteiger partial charge on any atom is -0.369 e. The predicted molar refractivity (Wildman–Crippen MR) is 79.9 cm³/mol. The molecule has 2 amide bonds. The second-order valence-corrected chi connectivity index (χ2v) is 7.30. The fraction of sp³-hybridized carbons (Fsp3) is 0.692. The van der Waals surface area contributed by atoms with E-state index >= 15 is 0 Å². The number of nitrogens with two attached hydrogens (primary N) is 1. The molecule has 0 aromatic heterocycles. The van der Waals surface area contributed by atoms with Gasteiger partial charge in [0.2, 0.25) is 21.8 Å². The van der Waals surface area contributed by atoms with Gasteiger partial charge in [0, 0.05) is 5.92 Å². The molecule has 0 aromatic carbocycles. The van der Waals surface area contributed by atoms with E-state index in [0.29, 0.717) is 17.3 Å². The van der Waals surface area contributed by atoms with Crippen molar-refractivity contribution in [1.29, 1.82) is 0 Å². The summed E-state index contributed by atoms with van der Waals surface area (Å²) in [5, 5.41) is 2.88. The first kappa shape index (κ1) is 18.6. The van der Waals surface area contributed by atoms with Crippen molar-refractivity contribution in [2.75, 3.05) is 19.3 Å². The Bertz CT molecular complexity index is 546. The Hall–Kier alpha value is -1.48. The molecule has 0 aliphatic carbocycles. The summed E-state index contributed by atoms with van der Waals surface area (Å²) in [6.45, 7) is 2.16. The van der Waals surface area contributed by atoms with Crippen molar-refractivity contribution in [1.82, 2.24) is 9.62 Å². The lowest BCUT2D eigenvalue weighted by molar-refractivity contribution is -0.131. The number of ketones is 1. The maximum Gasteiger partial charge on any atom is 0.240 e. The van der Waals surface area contributed by atoms with Gasteiger partial charge in [-0.05, 0) is 25.8 Å². The molecule has 3 N–H and O–H groups in total. The van der Waals surface area contributed by atoms with Gasteiger partial charge in [0.25, 0.3) is 0 Å². The van der Waals surface area contributed by atoms with E-state index < -0.39 is 33.8 Å². The van der Waals surface area contributed by atoms with Gasteiger partial charge in [-0.25, -0.2) is 12.7 Å². The fourth-order valence-electron chi connectivity index (χ4n) is 2.19. The van der Waals surface area contributed by atoms with Crippen LogP contribution in [0.15, 0.2) is 0 Å². The number of primary amides is 1. The molecular weight excluding hydrogens is 310 g/mol. The topological polar surface area (TPSA) is 127 Å². The first-order valence-electron chi connectivity index (χ1n) is 7.04. The van der Waals surface area contributed by atoms with Gasteiger partial charge >= 0.3 is 0 Å². The van der Waals surface area contributed by atoms with Crippen LogP contribution in [0.2, 0.25) is 0 Å². The number of nitrogens with zero attached hydrogens (tertiary/aromatic N) is 1. The molecular formula is C13H22N3O5S. The van der Waals surface area contributed by atoms with Crippen LogP contribution >= 0.6 is 0 Å². The summed E-state index contributed by atoms with van der Waals surface area (Å²) in [7, 11) is -3.89. The SMILES string of the molecule is CC(C[CH]C(=O)N([C@H]1CCCNCC1=O)S(C)(=O)=O)C(N)=O. The molecule has 1 radical (unpaired) electrons. The van der Waals surface area contributed by atoms with Gasteiger partial charge in [0.05, 0.1) is 19.2 Å². The molecule has 1 fully saturated rings. The molecule has 1 heterocycles. The van der Waals surface area contributed by atoms with E-state index in [4.69, 9.17) is 5.73 Å². The molecule has 1 unspecified atom stereocenters. The largest absolute Gasteiger partial charge is 0.369 e. The van der Waals surface area contributed by atoms with Gasteiger partial charge in [-0.1, -0.05) is 6.92 Å². The first-order valence-corrected chi connectivity index (χ1v) is 8.88. The van der Waals surface area contributed by atoms with Crippen LogP contribution in [0.25, 0.3) is 0 Å². The Labute approximate surface area is 130 Å². The number of amides is 2. The maximum atomic E-state index is 12.2. The molecule has 1 rings (SSSR count). The average molecular weight is 332 g/mol. The fourth-order valence-corrected chi connectivity index (χ4v) is 3.28. The summed E-state index contributed by atoms with van der Waals surface area (Å²) < 4.78 is 24.5. The summed E-state index contributed by atoms with van der Waals surface area (Å²) >= 11 is 0. The minimum atomic E-state index is -3.89. The highest BCUT2D eigenvalue weighted by Gasteiger charge is 2.36. The number of carbonyl (C=O) groups is 3. The Morgan fingerprint density at radius 3 is 2.68 bits per heavy atom. The zero-order chi connectivity index (χ0) is 16.9. The number of hydrogen-bond donors (Lipinski definition) is 2. The third-order valence-electron chi connectivity index (χ3n) is 3.49. The summed E-state index contributed by atoms with van der Waals surface area (Å²) in [5.74, 6) is -2.30. The van der Waals surface area contributed by atoms with E-state index in [1.807, 2.05) is 0 Å². The Morgan fingerprint density at radius 2 is 2.14 bits per heavy atom. The molecule has 1 aliphatic heterocycles. The molecule has 22 heavy (non-hydrogen) atoms. The van der Waals surface area contributed by atoms with Crippen LogP contribution < -0.4 is 11.1 Å². The third kappa shape index (κ3) is 5.06. The Kier molecular flexibility index (Phi) is 6.48.